The van der Waals surface area contributed by atoms with Gasteiger partial charge in [0.25, 0.3) is 0 Å². The first-order valence-electron chi connectivity index (χ1n) is 9.43. The molecule has 0 N–H and O–H groups in total. The van der Waals surface area contributed by atoms with E-state index in [1.54, 1.807) is 7.11 Å². The van der Waals surface area contributed by atoms with Gasteiger partial charge in [-0.1, -0.05) is 32.4 Å². The van der Waals surface area contributed by atoms with Gasteiger partial charge in [-0.15, -0.1) is 0 Å². The summed E-state index contributed by atoms with van der Waals surface area (Å²) in [6, 6.07) is 8.81. The summed E-state index contributed by atoms with van der Waals surface area (Å²) in [4.78, 5) is 0. The van der Waals surface area contributed by atoms with E-state index in [2.05, 4.69) is 48.9 Å². The lowest BCUT2D eigenvalue weighted by molar-refractivity contribution is -0.542. The van der Waals surface area contributed by atoms with Crippen molar-refractivity contribution in [2.75, 3.05) is 20.2 Å². The lowest BCUT2D eigenvalue weighted by Crippen LogP contribution is -2.45. The third-order valence-corrected chi connectivity index (χ3v) is 6.05. The van der Waals surface area contributed by atoms with Crippen LogP contribution in [0, 0.1) is 11.8 Å². The van der Waals surface area contributed by atoms with Gasteiger partial charge in [-0.3, -0.25) is 0 Å². The van der Waals surface area contributed by atoms with E-state index in [1.165, 1.54) is 57.2 Å². The lowest BCUT2D eigenvalue weighted by Gasteiger charge is -2.41. The van der Waals surface area contributed by atoms with E-state index in [1.807, 2.05) is 0 Å². The number of hydrogen-bond donors (Lipinski definition) is 0. The monoisotopic (exact) mass is 314 g/mol. The van der Waals surface area contributed by atoms with Crippen LogP contribution in [0.1, 0.15) is 57.9 Å². The minimum absolute atomic E-state index is 0.282. The predicted octanol–water partition coefficient (Wildman–Crippen LogP) is 4.66. The lowest BCUT2D eigenvalue weighted by atomic mass is 9.63. The zero-order valence-corrected chi connectivity index (χ0v) is 15.1. The molecule has 1 aliphatic heterocycles. The van der Waals surface area contributed by atoms with Gasteiger partial charge in [0, 0.05) is 23.7 Å². The Balaban J connectivity index is 1.91. The summed E-state index contributed by atoms with van der Waals surface area (Å²) < 4.78 is 8.12. The summed E-state index contributed by atoms with van der Waals surface area (Å²) in [5, 5.41) is 0. The second kappa shape index (κ2) is 7.07. The van der Waals surface area contributed by atoms with Crippen LogP contribution < -0.4 is 4.74 Å². The largest absolute Gasteiger partial charge is 0.497 e. The van der Waals surface area contributed by atoms with Crippen molar-refractivity contribution in [3.63, 3.8) is 0 Å². The molecule has 23 heavy (non-hydrogen) atoms. The second-order valence-corrected chi connectivity index (χ2v) is 7.51. The van der Waals surface area contributed by atoms with Crippen LogP contribution >= 0.6 is 0 Å². The van der Waals surface area contributed by atoms with Gasteiger partial charge >= 0.3 is 0 Å². The highest BCUT2D eigenvalue weighted by Crippen LogP contribution is 2.44. The Labute approximate surface area is 141 Å². The molecule has 0 aromatic heterocycles. The van der Waals surface area contributed by atoms with Crippen LogP contribution in [0.15, 0.2) is 24.3 Å². The topological polar surface area (TPSA) is 12.2 Å². The van der Waals surface area contributed by atoms with Crippen LogP contribution in [0.3, 0.4) is 0 Å². The van der Waals surface area contributed by atoms with Crippen molar-refractivity contribution in [3.05, 3.63) is 29.8 Å². The molecular formula is C21H32NO+. The molecule has 0 amide bonds. The number of hydrogen-bond acceptors (Lipinski definition) is 1. The van der Waals surface area contributed by atoms with Crippen molar-refractivity contribution in [2.45, 2.75) is 57.8 Å². The van der Waals surface area contributed by atoms with Gasteiger partial charge in [-0.2, -0.15) is 0 Å². The zero-order valence-electron chi connectivity index (χ0n) is 15.1. The molecule has 1 saturated carbocycles. The summed E-state index contributed by atoms with van der Waals surface area (Å²) in [6.07, 6.45) is 10.4. The second-order valence-electron chi connectivity index (χ2n) is 7.51. The first-order chi connectivity index (χ1) is 11.2. The smallest absolute Gasteiger partial charge is 0.146 e. The van der Waals surface area contributed by atoms with E-state index < -0.39 is 0 Å². The third-order valence-electron chi connectivity index (χ3n) is 6.05. The highest BCUT2D eigenvalue weighted by atomic mass is 16.5. The molecule has 2 unspecified atom stereocenters. The van der Waals surface area contributed by atoms with Crippen molar-refractivity contribution in [1.29, 1.82) is 0 Å². The van der Waals surface area contributed by atoms with E-state index in [0.717, 1.165) is 17.6 Å². The third kappa shape index (κ3) is 3.46. The van der Waals surface area contributed by atoms with Gasteiger partial charge in [0.2, 0.25) is 0 Å². The molecule has 0 saturated heterocycles. The summed E-state index contributed by atoms with van der Waals surface area (Å²) in [5.74, 6) is 2.71. The van der Waals surface area contributed by atoms with E-state index in [4.69, 9.17) is 4.74 Å². The molecule has 2 atom stereocenters. The highest BCUT2D eigenvalue weighted by molar-refractivity contribution is 5.57. The van der Waals surface area contributed by atoms with Crippen molar-refractivity contribution >= 4 is 6.21 Å². The van der Waals surface area contributed by atoms with Gasteiger partial charge in [-0.25, -0.2) is 4.58 Å². The van der Waals surface area contributed by atoms with Crippen LogP contribution in [0.2, 0.25) is 0 Å². The minimum Gasteiger partial charge on any atom is -0.497 e. The molecule has 1 aromatic carbocycles. The maximum Gasteiger partial charge on any atom is 0.146 e. The van der Waals surface area contributed by atoms with Crippen molar-refractivity contribution in [2.24, 2.45) is 11.8 Å². The predicted molar refractivity (Wildman–Crippen MR) is 96.8 cm³/mol. The normalized spacial score (nSPS) is 27.6. The highest BCUT2D eigenvalue weighted by Gasteiger charge is 2.44. The molecule has 0 spiro atoms. The summed E-state index contributed by atoms with van der Waals surface area (Å²) in [6.45, 7) is 7.22. The van der Waals surface area contributed by atoms with Crippen LogP contribution in [-0.4, -0.2) is 31.0 Å². The number of methoxy groups -OCH3 is 1. The van der Waals surface area contributed by atoms with Gasteiger partial charge in [0.05, 0.1) is 7.11 Å². The molecule has 1 aliphatic carbocycles. The Hall–Kier alpha value is -1.31. The fraction of sp³-hybridized carbons (Fsp3) is 0.667. The van der Waals surface area contributed by atoms with Gasteiger partial charge in [-0.05, 0) is 43.4 Å². The van der Waals surface area contributed by atoms with Crippen molar-refractivity contribution in [1.82, 2.24) is 0 Å². The van der Waals surface area contributed by atoms with Gasteiger partial charge in [0.1, 0.15) is 25.1 Å². The molecule has 2 heteroatoms. The first-order valence-corrected chi connectivity index (χ1v) is 9.43. The minimum atomic E-state index is 0.282. The van der Waals surface area contributed by atoms with E-state index in [9.17, 15) is 0 Å². The molecule has 0 radical (unpaired) electrons. The molecular weight excluding hydrogens is 282 g/mol. The van der Waals surface area contributed by atoms with Gasteiger partial charge in [0.15, 0.2) is 0 Å². The maximum atomic E-state index is 5.49. The molecule has 1 heterocycles. The quantitative estimate of drug-likeness (QED) is 0.667. The standard InChI is InChI=1S/C21H32NO/c1-4-7-19-16-22(15-17-10-11-17)13-12-21(19,5-2)18-8-6-9-20(14-18)23-3/h6,8-9,13-14,17,19H,4-5,7,10-12,15-16H2,1-3H3/q+1. The Morgan fingerprint density at radius 3 is 2.74 bits per heavy atom. The van der Waals surface area contributed by atoms with E-state index >= 15 is 0 Å². The van der Waals surface area contributed by atoms with Crippen molar-refractivity contribution in [3.8, 4) is 5.75 Å². The average Bonchev–Trinajstić information content (AvgIpc) is 3.40. The molecule has 2 nitrogen and oxygen atoms in total. The van der Waals surface area contributed by atoms with Crippen LogP contribution in [0.25, 0.3) is 0 Å². The van der Waals surface area contributed by atoms with Crippen molar-refractivity contribution < 1.29 is 9.31 Å². The molecule has 3 rings (SSSR count). The Bertz CT molecular complexity index is 561. The molecule has 126 valence electrons. The molecule has 2 aliphatic rings. The van der Waals surface area contributed by atoms with Gasteiger partial charge < -0.3 is 4.74 Å². The van der Waals surface area contributed by atoms with E-state index in [0.29, 0.717) is 0 Å². The Morgan fingerprint density at radius 2 is 2.09 bits per heavy atom. The zero-order chi connectivity index (χ0) is 16.3. The number of benzene rings is 1. The fourth-order valence-electron chi connectivity index (χ4n) is 4.41. The Kier molecular flexibility index (Phi) is 5.08. The first kappa shape index (κ1) is 16.5. The fourth-order valence-corrected chi connectivity index (χ4v) is 4.41. The molecule has 1 fully saturated rings. The number of rotatable bonds is 7. The summed E-state index contributed by atoms with van der Waals surface area (Å²) >= 11 is 0. The Morgan fingerprint density at radius 1 is 1.26 bits per heavy atom. The van der Waals surface area contributed by atoms with Crippen LogP contribution in [0.5, 0.6) is 5.75 Å². The molecule has 0 bridgehead atoms. The van der Waals surface area contributed by atoms with Crippen LogP contribution in [-0.2, 0) is 5.41 Å². The summed E-state index contributed by atoms with van der Waals surface area (Å²) in [5.41, 5.74) is 1.75. The number of ether oxygens (including phenoxy) is 1. The van der Waals surface area contributed by atoms with E-state index in [-0.39, 0.29) is 5.41 Å². The molecule has 1 aromatic rings. The maximum absolute atomic E-state index is 5.49. The van der Waals surface area contributed by atoms with Crippen LogP contribution in [0.4, 0.5) is 0 Å². The average molecular weight is 314 g/mol. The SMILES string of the molecule is CCCC1C[N+](CC2CC2)=CCC1(CC)c1cccc(OC)c1. The number of nitrogens with zero attached hydrogens (tertiary/aromatic N) is 1. The summed E-state index contributed by atoms with van der Waals surface area (Å²) in [7, 11) is 1.77.